The number of terminal acetylenes is 1. The van der Waals surface area contributed by atoms with Gasteiger partial charge >= 0.3 is 0 Å². The van der Waals surface area contributed by atoms with Gasteiger partial charge in [-0.15, -0.1) is 12.3 Å². The van der Waals surface area contributed by atoms with Crippen LogP contribution in [0.15, 0.2) is 0 Å². The third-order valence-corrected chi connectivity index (χ3v) is 5.49. The predicted octanol–water partition coefficient (Wildman–Crippen LogP) is 2.93. The molecule has 2 atom stereocenters. The van der Waals surface area contributed by atoms with Gasteiger partial charge in [0.1, 0.15) is 0 Å². The first-order valence-corrected chi connectivity index (χ1v) is 10.2. The van der Waals surface area contributed by atoms with Crippen molar-refractivity contribution in [1.82, 2.24) is 10.6 Å². The van der Waals surface area contributed by atoms with Crippen molar-refractivity contribution in [3.05, 3.63) is 0 Å². The Bertz CT molecular complexity index is 506. The third kappa shape index (κ3) is 6.64. The van der Waals surface area contributed by atoms with E-state index >= 15 is 0 Å². The van der Waals surface area contributed by atoms with Crippen LogP contribution in [0, 0.1) is 18.3 Å². The second-order valence-corrected chi connectivity index (χ2v) is 7.71. The highest BCUT2D eigenvalue weighted by Gasteiger charge is 2.44. The van der Waals surface area contributed by atoms with Crippen molar-refractivity contribution in [3.8, 4) is 12.3 Å². The molecule has 2 fully saturated rings. The van der Waals surface area contributed by atoms with Crippen molar-refractivity contribution in [2.45, 2.75) is 89.2 Å². The molecule has 2 aliphatic carbocycles. The number of amides is 2. The number of rotatable bonds is 11. The molecule has 146 valence electrons. The van der Waals surface area contributed by atoms with Gasteiger partial charge in [-0.05, 0) is 39.0 Å². The summed E-state index contributed by atoms with van der Waals surface area (Å²) in [6.45, 7) is 3.13. The number of hydrogen-bond donors (Lipinski definition) is 2. The molecular weight excluding hydrogens is 328 g/mol. The minimum absolute atomic E-state index is 0.0116. The highest BCUT2D eigenvalue weighted by molar-refractivity contribution is 5.82. The molecule has 0 spiro atoms. The lowest BCUT2D eigenvalue weighted by molar-refractivity contribution is -0.126. The summed E-state index contributed by atoms with van der Waals surface area (Å²) in [5, 5.41) is 6.33. The monoisotopic (exact) mass is 362 g/mol. The highest BCUT2D eigenvalue weighted by Crippen LogP contribution is 2.34. The van der Waals surface area contributed by atoms with E-state index in [4.69, 9.17) is 11.2 Å². The van der Waals surface area contributed by atoms with Crippen LogP contribution in [0.4, 0.5) is 0 Å². The first-order chi connectivity index (χ1) is 12.6. The summed E-state index contributed by atoms with van der Waals surface area (Å²) in [5.74, 6) is 2.78. The summed E-state index contributed by atoms with van der Waals surface area (Å²) in [4.78, 5) is 24.7. The minimum Gasteiger partial charge on any atom is -0.378 e. The second kappa shape index (κ2) is 10.6. The maximum Gasteiger partial charge on any atom is 0.225 e. The molecule has 2 amide bonds. The molecule has 5 nitrogen and oxygen atoms in total. The lowest BCUT2D eigenvalue weighted by atomic mass is 9.81. The van der Waals surface area contributed by atoms with Gasteiger partial charge < -0.3 is 15.4 Å². The van der Waals surface area contributed by atoms with Crippen LogP contribution in [-0.4, -0.2) is 36.6 Å². The Morgan fingerprint density at radius 3 is 2.65 bits per heavy atom. The molecule has 5 heteroatoms. The minimum atomic E-state index is -0.278. The van der Waals surface area contributed by atoms with E-state index < -0.39 is 0 Å². The highest BCUT2D eigenvalue weighted by atomic mass is 16.5. The molecule has 26 heavy (non-hydrogen) atoms. The zero-order chi connectivity index (χ0) is 18.8. The van der Waals surface area contributed by atoms with Crippen molar-refractivity contribution in [2.24, 2.45) is 5.92 Å². The zero-order valence-electron chi connectivity index (χ0n) is 16.1. The summed E-state index contributed by atoms with van der Waals surface area (Å²) in [7, 11) is 0. The van der Waals surface area contributed by atoms with Gasteiger partial charge in [0.05, 0.1) is 17.6 Å². The van der Waals surface area contributed by atoms with Crippen LogP contribution in [0.1, 0.15) is 77.6 Å². The summed E-state index contributed by atoms with van der Waals surface area (Å²) in [6.07, 6.45) is 15.6. The van der Waals surface area contributed by atoms with Crippen LogP contribution in [0.3, 0.4) is 0 Å². The third-order valence-electron chi connectivity index (χ3n) is 5.49. The van der Waals surface area contributed by atoms with Gasteiger partial charge in [0.2, 0.25) is 11.8 Å². The van der Waals surface area contributed by atoms with E-state index in [1.54, 1.807) is 0 Å². The molecule has 2 rings (SSSR count). The molecule has 0 aliphatic heterocycles. The van der Waals surface area contributed by atoms with Gasteiger partial charge in [-0.25, -0.2) is 0 Å². The summed E-state index contributed by atoms with van der Waals surface area (Å²) >= 11 is 0. The summed E-state index contributed by atoms with van der Waals surface area (Å²) < 4.78 is 5.50. The van der Waals surface area contributed by atoms with Crippen LogP contribution in [0.2, 0.25) is 0 Å². The smallest absolute Gasteiger partial charge is 0.225 e. The lowest BCUT2D eigenvalue weighted by Gasteiger charge is -2.38. The molecule has 2 unspecified atom stereocenters. The Labute approximate surface area is 158 Å². The average Bonchev–Trinajstić information content (AvgIpc) is 3.40. The van der Waals surface area contributed by atoms with E-state index in [1.807, 2.05) is 6.92 Å². The van der Waals surface area contributed by atoms with Crippen LogP contribution < -0.4 is 10.6 Å². The van der Waals surface area contributed by atoms with E-state index in [0.717, 1.165) is 57.8 Å². The zero-order valence-corrected chi connectivity index (χ0v) is 16.1. The largest absolute Gasteiger partial charge is 0.378 e. The first-order valence-electron chi connectivity index (χ1n) is 10.2. The van der Waals surface area contributed by atoms with Crippen molar-refractivity contribution >= 4 is 11.8 Å². The van der Waals surface area contributed by atoms with Gasteiger partial charge in [-0.3, -0.25) is 9.59 Å². The fourth-order valence-electron chi connectivity index (χ4n) is 3.86. The SMILES string of the molecule is C#CCCCCCC(=O)NC1(CNC(=O)C2CC2OCC)CCCCC1. The number of unbranched alkanes of at least 4 members (excludes halogenated alkanes) is 3. The van der Waals surface area contributed by atoms with E-state index in [-0.39, 0.29) is 29.4 Å². The van der Waals surface area contributed by atoms with Gasteiger partial charge in [0.15, 0.2) is 0 Å². The Balaban J connectivity index is 1.76. The molecule has 2 saturated carbocycles. The Kier molecular flexibility index (Phi) is 8.44. The molecule has 2 N–H and O–H groups in total. The number of carbonyl (C=O) groups excluding carboxylic acids is 2. The van der Waals surface area contributed by atoms with Crippen LogP contribution in [0.5, 0.6) is 0 Å². The Hall–Kier alpha value is -1.54. The number of nitrogens with one attached hydrogen (secondary N) is 2. The molecule has 0 saturated heterocycles. The molecule has 0 heterocycles. The van der Waals surface area contributed by atoms with E-state index in [9.17, 15) is 9.59 Å². The van der Waals surface area contributed by atoms with Crippen molar-refractivity contribution in [2.75, 3.05) is 13.2 Å². The Morgan fingerprint density at radius 2 is 1.96 bits per heavy atom. The molecule has 0 aromatic heterocycles. The lowest BCUT2D eigenvalue weighted by Crippen LogP contribution is -2.56. The van der Waals surface area contributed by atoms with E-state index in [1.165, 1.54) is 6.42 Å². The van der Waals surface area contributed by atoms with E-state index in [0.29, 0.717) is 19.6 Å². The van der Waals surface area contributed by atoms with Crippen LogP contribution in [0.25, 0.3) is 0 Å². The standard InChI is InChI=1S/C21H34N2O3/c1-3-5-6-7-9-12-19(24)23-21(13-10-8-11-14-21)16-22-20(25)17-15-18(17)26-4-2/h1,17-18H,4-16H2,2H3,(H,22,25)(H,23,24). The Morgan fingerprint density at radius 1 is 1.19 bits per heavy atom. The average molecular weight is 363 g/mol. The van der Waals surface area contributed by atoms with Crippen LogP contribution in [-0.2, 0) is 14.3 Å². The fourth-order valence-corrected chi connectivity index (χ4v) is 3.86. The van der Waals surface area contributed by atoms with Crippen molar-refractivity contribution < 1.29 is 14.3 Å². The fraction of sp³-hybridized carbons (Fsp3) is 0.810. The molecule has 0 radical (unpaired) electrons. The normalized spacial score (nSPS) is 23.7. The molecule has 0 bridgehead atoms. The summed E-state index contributed by atoms with van der Waals surface area (Å²) in [6, 6.07) is 0. The van der Waals surface area contributed by atoms with Crippen molar-refractivity contribution in [1.29, 1.82) is 0 Å². The van der Waals surface area contributed by atoms with Gasteiger partial charge in [0.25, 0.3) is 0 Å². The molecular formula is C21H34N2O3. The summed E-state index contributed by atoms with van der Waals surface area (Å²) in [5.41, 5.74) is -0.278. The maximum absolute atomic E-state index is 12.4. The molecule has 0 aromatic carbocycles. The van der Waals surface area contributed by atoms with Crippen molar-refractivity contribution in [3.63, 3.8) is 0 Å². The number of hydrogen-bond acceptors (Lipinski definition) is 3. The van der Waals surface area contributed by atoms with Crippen LogP contribution >= 0.6 is 0 Å². The van der Waals surface area contributed by atoms with Gasteiger partial charge in [-0.1, -0.05) is 25.7 Å². The number of ether oxygens (including phenoxy) is 1. The second-order valence-electron chi connectivity index (χ2n) is 7.71. The quantitative estimate of drug-likeness (QED) is 0.439. The molecule has 2 aliphatic rings. The maximum atomic E-state index is 12.4. The molecule has 0 aromatic rings. The predicted molar refractivity (Wildman–Crippen MR) is 102 cm³/mol. The van der Waals surface area contributed by atoms with Gasteiger partial charge in [-0.2, -0.15) is 0 Å². The van der Waals surface area contributed by atoms with Gasteiger partial charge in [0, 0.05) is 26.0 Å². The number of carbonyl (C=O) groups is 2. The topological polar surface area (TPSA) is 67.4 Å². The first kappa shape index (κ1) is 20.8. The van der Waals surface area contributed by atoms with E-state index in [2.05, 4.69) is 16.6 Å².